The summed E-state index contributed by atoms with van der Waals surface area (Å²) in [6.45, 7) is -0.0863. The molecular formula is C9H11ClFNOS. The average molecular weight is 236 g/mol. The standard InChI is InChI=1S/C9H10FNOS.ClH/c1-13-9-3-2-6(10)4-7(9)8(12)5-11;/h2-4H,5,11H2,1H3;1H. The van der Waals surface area contributed by atoms with Gasteiger partial charge in [-0.25, -0.2) is 4.39 Å². The van der Waals surface area contributed by atoms with Gasteiger partial charge in [-0.1, -0.05) is 0 Å². The van der Waals surface area contributed by atoms with E-state index < -0.39 is 5.82 Å². The molecule has 1 aromatic carbocycles. The van der Waals surface area contributed by atoms with E-state index in [-0.39, 0.29) is 24.7 Å². The number of hydrogen-bond acceptors (Lipinski definition) is 3. The van der Waals surface area contributed by atoms with Gasteiger partial charge in [0.05, 0.1) is 6.54 Å². The molecule has 0 unspecified atom stereocenters. The van der Waals surface area contributed by atoms with Crippen LogP contribution in [0.25, 0.3) is 0 Å². The zero-order valence-electron chi connectivity index (χ0n) is 7.62. The fourth-order valence-electron chi connectivity index (χ4n) is 1.01. The number of nitrogens with two attached hydrogens (primary N) is 1. The number of benzene rings is 1. The molecule has 14 heavy (non-hydrogen) atoms. The average Bonchev–Trinajstić information content (AvgIpc) is 2.16. The van der Waals surface area contributed by atoms with E-state index in [9.17, 15) is 9.18 Å². The maximum atomic E-state index is 12.8. The number of thioether (sulfide) groups is 1. The summed E-state index contributed by atoms with van der Waals surface area (Å²) in [6.07, 6.45) is 1.83. The maximum Gasteiger partial charge on any atom is 0.177 e. The highest BCUT2D eigenvalue weighted by Gasteiger charge is 2.09. The van der Waals surface area contributed by atoms with Crippen LogP contribution in [0.3, 0.4) is 0 Å². The minimum absolute atomic E-state index is 0. The zero-order valence-corrected chi connectivity index (χ0v) is 9.25. The Morgan fingerprint density at radius 3 is 2.71 bits per heavy atom. The number of halogens is 2. The summed E-state index contributed by atoms with van der Waals surface area (Å²) in [5, 5.41) is 0. The molecule has 0 fully saturated rings. The van der Waals surface area contributed by atoms with Crippen molar-refractivity contribution < 1.29 is 9.18 Å². The molecule has 0 spiro atoms. The minimum atomic E-state index is -0.408. The lowest BCUT2D eigenvalue weighted by Crippen LogP contribution is -2.14. The normalized spacial score (nSPS) is 9.36. The molecule has 78 valence electrons. The van der Waals surface area contributed by atoms with Crippen molar-refractivity contribution in [2.75, 3.05) is 12.8 Å². The Morgan fingerprint density at radius 1 is 1.57 bits per heavy atom. The summed E-state index contributed by atoms with van der Waals surface area (Å²) < 4.78 is 12.8. The van der Waals surface area contributed by atoms with E-state index in [0.29, 0.717) is 5.56 Å². The van der Waals surface area contributed by atoms with Crippen LogP contribution >= 0.6 is 24.2 Å². The van der Waals surface area contributed by atoms with E-state index in [2.05, 4.69) is 0 Å². The van der Waals surface area contributed by atoms with Gasteiger partial charge in [0.1, 0.15) is 5.82 Å². The van der Waals surface area contributed by atoms with Crippen LogP contribution in [0.1, 0.15) is 10.4 Å². The molecule has 0 radical (unpaired) electrons. The molecule has 0 amide bonds. The van der Waals surface area contributed by atoms with Crippen LogP contribution in [-0.2, 0) is 0 Å². The molecule has 0 aromatic heterocycles. The molecule has 0 atom stereocenters. The van der Waals surface area contributed by atoms with Gasteiger partial charge in [0.15, 0.2) is 5.78 Å². The van der Waals surface area contributed by atoms with Gasteiger partial charge in [0.25, 0.3) is 0 Å². The molecule has 5 heteroatoms. The first-order valence-corrected chi connectivity index (χ1v) is 4.98. The van der Waals surface area contributed by atoms with Crippen molar-refractivity contribution in [1.82, 2.24) is 0 Å². The molecule has 0 saturated heterocycles. The molecule has 2 nitrogen and oxygen atoms in total. The highest BCUT2D eigenvalue weighted by Crippen LogP contribution is 2.21. The third kappa shape index (κ3) is 2.97. The molecule has 1 rings (SSSR count). The van der Waals surface area contributed by atoms with Crippen LogP contribution in [-0.4, -0.2) is 18.6 Å². The van der Waals surface area contributed by atoms with Crippen LogP contribution < -0.4 is 5.73 Å². The van der Waals surface area contributed by atoms with Gasteiger partial charge < -0.3 is 5.73 Å². The van der Waals surface area contributed by atoms with Gasteiger partial charge in [0, 0.05) is 10.5 Å². The summed E-state index contributed by atoms with van der Waals surface area (Å²) >= 11 is 1.40. The van der Waals surface area contributed by atoms with E-state index in [0.717, 1.165) is 4.90 Å². The molecule has 0 aliphatic heterocycles. The van der Waals surface area contributed by atoms with E-state index in [1.807, 2.05) is 6.26 Å². The van der Waals surface area contributed by atoms with Crippen molar-refractivity contribution in [2.45, 2.75) is 4.90 Å². The predicted octanol–water partition coefficient (Wildman–Crippen LogP) is 2.11. The number of ketones is 1. The molecule has 0 saturated carbocycles. The highest BCUT2D eigenvalue weighted by atomic mass is 35.5. The Hall–Kier alpha value is -0.580. The molecule has 2 N–H and O–H groups in total. The second kappa shape index (κ2) is 6.01. The zero-order chi connectivity index (χ0) is 9.84. The Kier molecular flexibility index (Phi) is 5.76. The Bertz CT molecular complexity index is 333. The van der Waals surface area contributed by atoms with E-state index in [4.69, 9.17) is 5.73 Å². The topological polar surface area (TPSA) is 43.1 Å². The number of hydrogen-bond donors (Lipinski definition) is 1. The fraction of sp³-hybridized carbons (Fsp3) is 0.222. The lowest BCUT2D eigenvalue weighted by molar-refractivity contribution is 0.0998. The number of rotatable bonds is 3. The lowest BCUT2D eigenvalue weighted by atomic mass is 10.1. The quantitative estimate of drug-likeness (QED) is 0.645. The van der Waals surface area contributed by atoms with Crippen LogP contribution in [0.15, 0.2) is 23.1 Å². The molecule has 0 aliphatic rings. The molecule has 1 aromatic rings. The van der Waals surface area contributed by atoms with Gasteiger partial charge in [0.2, 0.25) is 0 Å². The van der Waals surface area contributed by atoms with Crippen molar-refractivity contribution in [3.63, 3.8) is 0 Å². The van der Waals surface area contributed by atoms with Crippen LogP contribution in [0.4, 0.5) is 4.39 Å². The summed E-state index contributed by atoms with van der Waals surface area (Å²) in [4.78, 5) is 12.0. The van der Waals surface area contributed by atoms with Crippen molar-refractivity contribution in [3.8, 4) is 0 Å². The predicted molar refractivity (Wildman–Crippen MR) is 58.8 cm³/mol. The Labute approximate surface area is 92.5 Å². The summed E-state index contributed by atoms with van der Waals surface area (Å²) in [5.41, 5.74) is 5.57. The number of carbonyl (C=O) groups excluding carboxylic acids is 1. The van der Waals surface area contributed by atoms with Crippen LogP contribution in [0.5, 0.6) is 0 Å². The molecular weight excluding hydrogens is 225 g/mol. The molecule has 0 aliphatic carbocycles. The third-order valence-corrected chi connectivity index (χ3v) is 2.44. The first-order valence-electron chi connectivity index (χ1n) is 3.76. The largest absolute Gasteiger partial charge is 0.324 e. The summed E-state index contributed by atoms with van der Waals surface area (Å²) in [7, 11) is 0. The summed E-state index contributed by atoms with van der Waals surface area (Å²) in [5.74, 6) is -0.640. The van der Waals surface area contributed by atoms with Crippen molar-refractivity contribution in [2.24, 2.45) is 5.73 Å². The molecule has 0 bridgehead atoms. The number of Topliss-reactive ketones (excluding diaryl/α,β-unsaturated/α-hetero) is 1. The Morgan fingerprint density at radius 2 is 2.21 bits per heavy atom. The van der Waals surface area contributed by atoms with E-state index >= 15 is 0 Å². The van der Waals surface area contributed by atoms with Crippen LogP contribution in [0, 0.1) is 5.82 Å². The number of carbonyl (C=O) groups is 1. The van der Waals surface area contributed by atoms with Gasteiger partial charge in [-0.3, -0.25) is 4.79 Å². The SMILES string of the molecule is CSc1ccc(F)cc1C(=O)CN.Cl. The first-order chi connectivity index (χ1) is 6.19. The van der Waals surface area contributed by atoms with Gasteiger partial charge in [-0.2, -0.15) is 0 Å². The minimum Gasteiger partial charge on any atom is -0.324 e. The maximum absolute atomic E-state index is 12.8. The lowest BCUT2D eigenvalue weighted by Gasteiger charge is -2.04. The van der Waals surface area contributed by atoms with E-state index in [1.165, 1.54) is 23.9 Å². The smallest absolute Gasteiger partial charge is 0.177 e. The van der Waals surface area contributed by atoms with Crippen molar-refractivity contribution in [3.05, 3.63) is 29.6 Å². The summed E-state index contributed by atoms with van der Waals surface area (Å²) in [6, 6.07) is 4.14. The Balaban J connectivity index is 0.00000169. The first kappa shape index (κ1) is 13.4. The fourth-order valence-corrected chi connectivity index (χ4v) is 1.60. The van der Waals surface area contributed by atoms with Crippen molar-refractivity contribution >= 4 is 30.0 Å². The highest BCUT2D eigenvalue weighted by molar-refractivity contribution is 7.98. The van der Waals surface area contributed by atoms with Gasteiger partial charge >= 0.3 is 0 Å². The van der Waals surface area contributed by atoms with Crippen molar-refractivity contribution in [1.29, 1.82) is 0 Å². The third-order valence-electron chi connectivity index (χ3n) is 1.65. The van der Waals surface area contributed by atoms with E-state index in [1.54, 1.807) is 6.07 Å². The van der Waals surface area contributed by atoms with Gasteiger partial charge in [-0.05, 0) is 24.5 Å². The monoisotopic (exact) mass is 235 g/mol. The van der Waals surface area contributed by atoms with Gasteiger partial charge in [-0.15, -0.1) is 24.2 Å². The second-order valence-electron chi connectivity index (χ2n) is 2.47. The second-order valence-corrected chi connectivity index (χ2v) is 3.32. The van der Waals surface area contributed by atoms with Crippen LogP contribution in [0.2, 0.25) is 0 Å². The molecule has 0 heterocycles.